The number of fused-ring (bicyclic) bond motifs is 1. The summed E-state index contributed by atoms with van der Waals surface area (Å²) in [4.78, 5) is 5.55. The summed E-state index contributed by atoms with van der Waals surface area (Å²) in [5, 5.41) is 3.75. The number of rotatable bonds is 4. The Kier molecular flexibility index (Phi) is 5.00. The maximum atomic E-state index is 3.75. The highest BCUT2D eigenvalue weighted by Gasteiger charge is 2.36. The van der Waals surface area contributed by atoms with E-state index in [0.29, 0.717) is 0 Å². The molecule has 0 spiro atoms. The molecule has 0 aromatic heterocycles. The van der Waals surface area contributed by atoms with Gasteiger partial charge in [-0.15, -0.1) is 0 Å². The molecule has 4 unspecified atom stereocenters. The van der Waals surface area contributed by atoms with Crippen LogP contribution in [0, 0.1) is 5.92 Å². The minimum absolute atomic E-state index is 0.758. The third-order valence-electron chi connectivity index (χ3n) is 5.91. The maximum absolute atomic E-state index is 3.75. The van der Waals surface area contributed by atoms with E-state index in [9.17, 15) is 0 Å². The van der Waals surface area contributed by atoms with Gasteiger partial charge in [-0.05, 0) is 51.6 Å². The molecule has 116 valence electrons. The Labute approximate surface area is 125 Å². The first kappa shape index (κ1) is 14.8. The highest BCUT2D eigenvalue weighted by Crippen LogP contribution is 2.29. The van der Waals surface area contributed by atoms with E-state index in [1.54, 1.807) is 0 Å². The lowest BCUT2D eigenvalue weighted by molar-refractivity contribution is 0.0380. The van der Waals surface area contributed by atoms with Crippen LogP contribution in [0.3, 0.4) is 0 Å². The van der Waals surface area contributed by atoms with E-state index in [-0.39, 0.29) is 0 Å². The van der Waals surface area contributed by atoms with Gasteiger partial charge < -0.3 is 5.32 Å². The van der Waals surface area contributed by atoms with Crippen molar-refractivity contribution in [2.24, 2.45) is 5.92 Å². The Balaban J connectivity index is 1.57. The SMILES string of the molecule is CCNC1CCCCC1CN1CC2CCCN2CC1C. The van der Waals surface area contributed by atoms with Gasteiger partial charge in [-0.2, -0.15) is 0 Å². The van der Waals surface area contributed by atoms with Crippen LogP contribution in [0.5, 0.6) is 0 Å². The molecular formula is C17H33N3. The number of piperazine rings is 1. The number of hydrogen-bond acceptors (Lipinski definition) is 3. The molecular weight excluding hydrogens is 246 g/mol. The largest absolute Gasteiger partial charge is 0.314 e. The average molecular weight is 279 g/mol. The van der Waals surface area contributed by atoms with Gasteiger partial charge in [0.15, 0.2) is 0 Å². The third kappa shape index (κ3) is 3.20. The molecule has 0 aromatic carbocycles. The van der Waals surface area contributed by atoms with Gasteiger partial charge in [-0.1, -0.05) is 19.8 Å². The van der Waals surface area contributed by atoms with Crippen LogP contribution < -0.4 is 5.32 Å². The van der Waals surface area contributed by atoms with Gasteiger partial charge in [0.2, 0.25) is 0 Å². The van der Waals surface area contributed by atoms with Crippen LogP contribution in [0.15, 0.2) is 0 Å². The van der Waals surface area contributed by atoms with Gasteiger partial charge in [0.25, 0.3) is 0 Å². The van der Waals surface area contributed by atoms with E-state index in [4.69, 9.17) is 0 Å². The fourth-order valence-electron chi connectivity index (χ4n) is 4.76. The van der Waals surface area contributed by atoms with Crippen LogP contribution in [-0.4, -0.2) is 60.6 Å². The zero-order chi connectivity index (χ0) is 13.9. The summed E-state index contributed by atoms with van der Waals surface area (Å²) in [5.74, 6) is 0.888. The van der Waals surface area contributed by atoms with E-state index in [1.165, 1.54) is 64.7 Å². The zero-order valence-electron chi connectivity index (χ0n) is 13.5. The fraction of sp³-hybridized carbons (Fsp3) is 1.00. The highest BCUT2D eigenvalue weighted by atomic mass is 15.3. The number of hydrogen-bond donors (Lipinski definition) is 1. The van der Waals surface area contributed by atoms with E-state index < -0.39 is 0 Å². The molecule has 1 saturated carbocycles. The van der Waals surface area contributed by atoms with Crippen molar-refractivity contribution in [2.45, 2.75) is 70.5 Å². The summed E-state index contributed by atoms with van der Waals surface area (Å²) >= 11 is 0. The van der Waals surface area contributed by atoms with Crippen molar-refractivity contribution in [1.82, 2.24) is 15.1 Å². The maximum Gasteiger partial charge on any atom is 0.0224 e. The molecule has 1 N–H and O–H groups in total. The molecule has 3 heteroatoms. The zero-order valence-corrected chi connectivity index (χ0v) is 13.5. The van der Waals surface area contributed by atoms with Crippen LogP contribution in [0.4, 0.5) is 0 Å². The first-order valence-electron chi connectivity index (χ1n) is 8.99. The lowest BCUT2D eigenvalue weighted by Gasteiger charge is -2.45. The van der Waals surface area contributed by atoms with Gasteiger partial charge in [-0.3, -0.25) is 9.80 Å². The molecule has 3 rings (SSSR count). The Morgan fingerprint density at radius 2 is 1.90 bits per heavy atom. The Hall–Kier alpha value is -0.120. The molecule has 0 radical (unpaired) electrons. The topological polar surface area (TPSA) is 18.5 Å². The summed E-state index contributed by atoms with van der Waals surface area (Å²) in [5.41, 5.74) is 0. The lowest BCUT2D eigenvalue weighted by atomic mass is 9.83. The monoisotopic (exact) mass is 279 g/mol. The molecule has 3 fully saturated rings. The summed E-state index contributed by atoms with van der Waals surface area (Å²) in [6.45, 7) is 11.2. The molecule has 0 aromatic rings. The third-order valence-corrected chi connectivity index (χ3v) is 5.91. The summed E-state index contributed by atoms with van der Waals surface area (Å²) < 4.78 is 0. The van der Waals surface area contributed by atoms with E-state index in [0.717, 1.165) is 30.6 Å². The van der Waals surface area contributed by atoms with E-state index in [1.807, 2.05) is 0 Å². The van der Waals surface area contributed by atoms with Crippen molar-refractivity contribution < 1.29 is 0 Å². The van der Waals surface area contributed by atoms with Crippen molar-refractivity contribution in [3.05, 3.63) is 0 Å². The average Bonchev–Trinajstić information content (AvgIpc) is 2.88. The molecule has 20 heavy (non-hydrogen) atoms. The predicted octanol–water partition coefficient (Wildman–Crippen LogP) is 2.32. The van der Waals surface area contributed by atoms with Crippen molar-refractivity contribution in [3.8, 4) is 0 Å². The molecule has 2 heterocycles. The van der Waals surface area contributed by atoms with Gasteiger partial charge in [-0.25, -0.2) is 0 Å². The first-order valence-corrected chi connectivity index (χ1v) is 8.99. The molecule has 4 atom stereocenters. The molecule has 3 nitrogen and oxygen atoms in total. The number of nitrogens with zero attached hydrogens (tertiary/aromatic N) is 2. The summed E-state index contributed by atoms with van der Waals surface area (Å²) in [6, 6.07) is 2.41. The Morgan fingerprint density at radius 3 is 2.75 bits per heavy atom. The standard InChI is InChI=1S/C17H33N3/c1-3-18-17-9-5-4-7-15(17)12-20-13-16-8-6-10-19(16)11-14(20)2/h14-18H,3-13H2,1-2H3. The summed E-state index contributed by atoms with van der Waals surface area (Å²) in [6.07, 6.45) is 8.58. The predicted molar refractivity (Wildman–Crippen MR) is 85.1 cm³/mol. The van der Waals surface area contributed by atoms with Crippen molar-refractivity contribution in [2.75, 3.05) is 32.7 Å². The summed E-state index contributed by atoms with van der Waals surface area (Å²) in [7, 11) is 0. The molecule has 2 aliphatic heterocycles. The highest BCUT2D eigenvalue weighted by molar-refractivity contribution is 4.93. The van der Waals surface area contributed by atoms with Gasteiger partial charge in [0, 0.05) is 37.8 Å². The van der Waals surface area contributed by atoms with Crippen molar-refractivity contribution in [1.29, 1.82) is 0 Å². The fourth-order valence-corrected chi connectivity index (χ4v) is 4.76. The number of nitrogens with one attached hydrogen (secondary N) is 1. The van der Waals surface area contributed by atoms with Gasteiger partial charge in [0.05, 0.1) is 0 Å². The van der Waals surface area contributed by atoms with Crippen molar-refractivity contribution in [3.63, 3.8) is 0 Å². The Bertz CT molecular complexity index is 305. The van der Waals surface area contributed by atoms with Crippen LogP contribution in [0.1, 0.15) is 52.4 Å². The van der Waals surface area contributed by atoms with Crippen molar-refractivity contribution >= 4 is 0 Å². The van der Waals surface area contributed by atoms with Crippen LogP contribution >= 0.6 is 0 Å². The molecule has 2 saturated heterocycles. The molecule has 1 aliphatic carbocycles. The minimum atomic E-state index is 0.758. The Morgan fingerprint density at radius 1 is 1.05 bits per heavy atom. The second-order valence-electron chi connectivity index (χ2n) is 7.30. The van der Waals surface area contributed by atoms with Crippen LogP contribution in [-0.2, 0) is 0 Å². The van der Waals surface area contributed by atoms with Gasteiger partial charge >= 0.3 is 0 Å². The quantitative estimate of drug-likeness (QED) is 0.852. The van der Waals surface area contributed by atoms with Crippen LogP contribution in [0.2, 0.25) is 0 Å². The molecule has 3 aliphatic rings. The van der Waals surface area contributed by atoms with Crippen LogP contribution in [0.25, 0.3) is 0 Å². The van der Waals surface area contributed by atoms with Gasteiger partial charge in [0.1, 0.15) is 0 Å². The minimum Gasteiger partial charge on any atom is -0.314 e. The lowest BCUT2D eigenvalue weighted by Crippen LogP contribution is -2.57. The smallest absolute Gasteiger partial charge is 0.0224 e. The van der Waals surface area contributed by atoms with E-state index >= 15 is 0 Å². The second kappa shape index (κ2) is 6.76. The molecule has 0 amide bonds. The van der Waals surface area contributed by atoms with E-state index in [2.05, 4.69) is 29.0 Å². The normalized spacial score (nSPS) is 39.9. The molecule has 0 bridgehead atoms. The second-order valence-corrected chi connectivity index (χ2v) is 7.30. The first-order chi connectivity index (χ1) is 9.78.